The number of hydrogen-bond acceptors (Lipinski definition) is 5. The van der Waals surface area contributed by atoms with Crippen LogP contribution >= 0.6 is 0 Å². The minimum Gasteiger partial charge on any atom is -0.464 e. The van der Waals surface area contributed by atoms with Gasteiger partial charge in [-0.3, -0.25) is 9.59 Å². The monoisotopic (exact) mass is 325 g/mol. The Labute approximate surface area is 137 Å². The molecule has 1 aromatic carbocycles. The van der Waals surface area contributed by atoms with Crippen LogP contribution in [0.2, 0.25) is 0 Å². The van der Waals surface area contributed by atoms with Crippen molar-refractivity contribution >= 4 is 40.1 Å². The van der Waals surface area contributed by atoms with Gasteiger partial charge in [-0.1, -0.05) is 0 Å². The number of methoxy groups -OCH3 is 1. The van der Waals surface area contributed by atoms with E-state index in [0.717, 1.165) is 0 Å². The number of anilines is 2. The van der Waals surface area contributed by atoms with Crippen LogP contribution in [-0.4, -0.2) is 43.0 Å². The number of nitrogens with zero attached hydrogens (tertiary/aromatic N) is 3. The molecule has 4 rings (SSSR count). The van der Waals surface area contributed by atoms with Gasteiger partial charge in [-0.15, -0.1) is 0 Å². The molecule has 3 heterocycles. The van der Waals surface area contributed by atoms with Crippen molar-refractivity contribution in [3.63, 3.8) is 0 Å². The lowest BCUT2D eigenvalue weighted by Gasteiger charge is -2.23. The number of rotatable bonds is 1. The summed E-state index contributed by atoms with van der Waals surface area (Å²) in [6, 6.07) is 4.69. The van der Waals surface area contributed by atoms with E-state index in [9.17, 15) is 14.4 Å². The zero-order chi connectivity index (χ0) is 17.2. The number of benzene rings is 1. The van der Waals surface area contributed by atoms with Crippen LogP contribution in [0, 0.1) is 0 Å². The average Bonchev–Trinajstić information content (AvgIpc) is 2.82. The summed E-state index contributed by atoms with van der Waals surface area (Å²) < 4.78 is 4.72. The Morgan fingerprint density at radius 2 is 2.08 bits per heavy atom. The van der Waals surface area contributed by atoms with Crippen LogP contribution in [0.5, 0.6) is 0 Å². The second kappa shape index (κ2) is 4.77. The number of aromatic nitrogens is 1. The predicted octanol–water partition coefficient (Wildman–Crippen LogP) is 1.74. The molecule has 2 amide bonds. The summed E-state index contributed by atoms with van der Waals surface area (Å²) >= 11 is 0. The van der Waals surface area contributed by atoms with Gasteiger partial charge in [0.25, 0.3) is 5.91 Å². The SMILES string of the molecule is COC(=O)c1cc2c3c4c(ccc3n1)N(C)C(=O)CC(C)N4C2=O. The van der Waals surface area contributed by atoms with Crippen molar-refractivity contribution in [3.8, 4) is 0 Å². The largest absolute Gasteiger partial charge is 0.464 e. The Kier molecular flexibility index (Phi) is 2.90. The molecule has 1 aromatic heterocycles. The Bertz CT molecular complexity index is 937. The van der Waals surface area contributed by atoms with Crippen molar-refractivity contribution in [1.29, 1.82) is 0 Å². The summed E-state index contributed by atoms with van der Waals surface area (Å²) in [5.74, 6) is -0.843. The average molecular weight is 325 g/mol. The Morgan fingerprint density at radius 3 is 2.79 bits per heavy atom. The van der Waals surface area contributed by atoms with Gasteiger partial charge in [0.2, 0.25) is 5.91 Å². The zero-order valence-corrected chi connectivity index (χ0v) is 13.5. The van der Waals surface area contributed by atoms with Gasteiger partial charge in [0, 0.05) is 24.9 Å². The van der Waals surface area contributed by atoms with Crippen LogP contribution in [-0.2, 0) is 9.53 Å². The van der Waals surface area contributed by atoms with E-state index in [1.165, 1.54) is 13.2 Å². The summed E-state index contributed by atoms with van der Waals surface area (Å²) in [6.07, 6.45) is 0.240. The molecule has 0 fully saturated rings. The van der Waals surface area contributed by atoms with Crippen LogP contribution in [0.25, 0.3) is 10.9 Å². The van der Waals surface area contributed by atoms with E-state index in [-0.39, 0.29) is 30.0 Å². The first-order valence-corrected chi connectivity index (χ1v) is 7.60. The molecule has 0 radical (unpaired) electrons. The first-order valence-electron chi connectivity index (χ1n) is 7.60. The van der Waals surface area contributed by atoms with E-state index in [1.807, 2.05) is 6.92 Å². The molecule has 0 spiro atoms. The molecule has 7 nitrogen and oxygen atoms in total. The van der Waals surface area contributed by atoms with E-state index in [1.54, 1.807) is 29.0 Å². The second-order valence-electron chi connectivity index (χ2n) is 6.06. The smallest absolute Gasteiger partial charge is 0.356 e. The van der Waals surface area contributed by atoms with Crippen LogP contribution in [0.4, 0.5) is 11.4 Å². The maximum atomic E-state index is 13.0. The van der Waals surface area contributed by atoms with Crippen molar-refractivity contribution < 1.29 is 19.1 Å². The van der Waals surface area contributed by atoms with Gasteiger partial charge in [0.1, 0.15) is 5.69 Å². The van der Waals surface area contributed by atoms with Crippen molar-refractivity contribution in [2.45, 2.75) is 19.4 Å². The third-order valence-electron chi connectivity index (χ3n) is 4.66. The van der Waals surface area contributed by atoms with Gasteiger partial charge in [-0.25, -0.2) is 9.78 Å². The molecule has 122 valence electrons. The lowest BCUT2D eigenvalue weighted by Crippen LogP contribution is -2.36. The lowest BCUT2D eigenvalue weighted by atomic mass is 10.1. The number of ether oxygens (including phenoxy) is 1. The molecule has 0 bridgehead atoms. The van der Waals surface area contributed by atoms with Gasteiger partial charge >= 0.3 is 5.97 Å². The first-order chi connectivity index (χ1) is 11.4. The molecule has 7 heteroatoms. The highest BCUT2D eigenvalue weighted by Crippen LogP contribution is 2.46. The summed E-state index contributed by atoms with van der Waals surface area (Å²) in [6.45, 7) is 1.85. The van der Waals surface area contributed by atoms with Crippen LogP contribution in [0.1, 0.15) is 34.2 Å². The first kappa shape index (κ1) is 14.6. The fraction of sp³-hybridized carbons (Fsp3) is 0.294. The summed E-state index contributed by atoms with van der Waals surface area (Å²) in [4.78, 5) is 44.6. The quantitative estimate of drug-likeness (QED) is 0.746. The molecular weight excluding hydrogens is 310 g/mol. The number of carbonyl (C=O) groups is 3. The maximum absolute atomic E-state index is 13.0. The molecule has 0 saturated heterocycles. The maximum Gasteiger partial charge on any atom is 0.356 e. The molecule has 24 heavy (non-hydrogen) atoms. The zero-order valence-electron chi connectivity index (χ0n) is 13.5. The predicted molar refractivity (Wildman–Crippen MR) is 87.4 cm³/mol. The van der Waals surface area contributed by atoms with Crippen LogP contribution in [0.3, 0.4) is 0 Å². The molecule has 1 atom stereocenters. The Balaban J connectivity index is 2.08. The molecule has 0 aliphatic carbocycles. The van der Waals surface area contributed by atoms with Gasteiger partial charge in [0.05, 0.1) is 29.6 Å². The highest BCUT2D eigenvalue weighted by Gasteiger charge is 2.40. The van der Waals surface area contributed by atoms with Gasteiger partial charge in [-0.05, 0) is 25.1 Å². The van der Waals surface area contributed by atoms with E-state index in [4.69, 9.17) is 4.74 Å². The molecule has 2 aromatic rings. The topological polar surface area (TPSA) is 79.8 Å². The minimum atomic E-state index is -0.586. The summed E-state index contributed by atoms with van der Waals surface area (Å²) in [5, 5.41) is 0.679. The Hall–Kier alpha value is -2.96. The van der Waals surface area contributed by atoms with Crippen molar-refractivity contribution in [3.05, 3.63) is 29.5 Å². The fourth-order valence-electron chi connectivity index (χ4n) is 3.46. The molecule has 0 saturated carbocycles. The third-order valence-corrected chi connectivity index (χ3v) is 4.66. The molecular formula is C17H15N3O4. The van der Waals surface area contributed by atoms with Crippen LogP contribution in [0.15, 0.2) is 18.2 Å². The van der Waals surface area contributed by atoms with Crippen LogP contribution < -0.4 is 9.80 Å². The van der Waals surface area contributed by atoms with E-state index >= 15 is 0 Å². The standard InChI is InChI=1S/C17H15N3O4/c1-8-6-13(21)19(2)12-5-4-10-14-9(16(22)20(8)15(12)14)7-11(18-10)17(23)24-3/h4-5,7-8H,6H2,1-3H3. The fourth-order valence-corrected chi connectivity index (χ4v) is 3.46. The lowest BCUT2D eigenvalue weighted by molar-refractivity contribution is -0.118. The molecule has 1 unspecified atom stereocenters. The third kappa shape index (κ3) is 1.72. The minimum absolute atomic E-state index is 0.0407. The second-order valence-corrected chi connectivity index (χ2v) is 6.06. The van der Waals surface area contributed by atoms with Gasteiger partial charge in [-0.2, -0.15) is 0 Å². The van der Waals surface area contributed by atoms with E-state index in [0.29, 0.717) is 27.8 Å². The summed E-state index contributed by atoms with van der Waals surface area (Å²) in [5.41, 5.74) is 2.43. The number of hydrogen-bond donors (Lipinski definition) is 0. The van der Waals surface area contributed by atoms with Crippen molar-refractivity contribution in [2.75, 3.05) is 24.0 Å². The highest BCUT2D eigenvalue weighted by atomic mass is 16.5. The van der Waals surface area contributed by atoms with E-state index in [2.05, 4.69) is 4.98 Å². The van der Waals surface area contributed by atoms with Gasteiger partial charge < -0.3 is 14.5 Å². The van der Waals surface area contributed by atoms with E-state index < -0.39 is 5.97 Å². The van der Waals surface area contributed by atoms with Crippen molar-refractivity contribution in [2.24, 2.45) is 0 Å². The molecule has 0 N–H and O–H groups in total. The number of esters is 1. The summed E-state index contributed by atoms with van der Waals surface area (Å²) in [7, 11) is 2.98. The Morgan fingerprint density at radius 1 is 1.33 bits per heavy atom. The number of pyridine rings is 1. The molecule has 2 aliphatic heterocycles. The number of amides is 2. The molecule has 2 aliphatic rings. The normalized spacial score (nSPS) is 19.0. The highest BCUT2D eigenvalue weighted by molar-refractivity contribution is 6.29. The number of carbonyl (C=O) groups excluding carboxylic acids is 3. The van der Waals surface area contributed by atoms with Gasteiger partial charge in [0.15, 0.2) is 0 Å². The van der Waals surface area contributed by atoms with Crippen molar-refractivity contribution in [1.82, 2.24) is 4.98 Å².